The Balaban J connectivity index is 1.32. The average Bonchev–Trinajstić information content (AvgIpc) is 3.44. The number of hydrogen-bond acceptors (Lipinski definition) is 6. The van der Waals surface area contributed by atoms with Gasteiger partial charge in [0, 0.05) is 61.3 Å². The highest BCUT2D eigenvalue weighted by molar-refractivity contribution is 7.18. The van der Waals surface area contributed by atoms with Gasteiger partial charge in [-0.05, 0) is 18.4 Å². The molecule has 5 rings (SSSR count). The highest BCUT2D eigenvalue weighted by Crippen LogP contribution is 2.47. The Kier molecular flexibility index (Phi) is 5.63. The van der Waals surface area contributed by atoms with Gasteiger partial charge in [0.1, 0.15) is 17.0 Å². The van der Waals surface area contributed by atoms with Gasteiger partial charge >= 0.3 is 6.18 Å². The number of fused-ring (bicyclic) bond motifs is 1. The van der Waals surface area contributed by atoms with Gasteiger partial charge in [-0.2, -0.15) is 18.3 Å². The summed E-state index contributed by atoms with van der Waals surface area (Å²) in [6.45, 7) is 8.31. The first-order valence-corrected chi connectivity index (χ1v) is 12.3. The van der Waals surface area contributed by atoms with Crippen molar-refractivity contribution in [2.24, 2.45) is 18.4 Å². The van der Waals surface area contributed by atoms with E-state index >= 15 is 0 Å². The number of hydrogen-bond donors (Lipinski definition) is 0. The standard InChI is InChI=1S/C23H29F3N6S/c1-4-15(2)19(16-9-29-30(3)10-16)32-12-22(13-32)5-6-31(11-22)20-18-7-17(8-23(24,25)26)33-21(18)28-14-27-20/h7,9-10,14-15,19H,4-6,8,11-13H2,1-3H3/t15-,19?/m0/s1. The molecule has 0 radical (unpaired) electrons. The number of likely N-dealkylation sites (tertiary alicyclic amines) is 1. The summed E-state index contributed by atoms with van der Waals surface area (Å²) >= 11 is 1.11. The summed E-state index contributed by atoms with van der Waals surface area (Å²) in [6, 6.07) is 1.98. The van der Waals surface area contributed by atoms with Crippen molar-refractivity contribution < 1.29 is 13.2 Å². The van der Waals surface area contributed by atoms with E-state index in [4.69, 9.17) is 0 Å². The van der Waals surface area contributed by atoms with E-state index in [9.17, 15) is 13.2 Å². The van der Waals surface area contributed by atoms with Crippen molar-refractivity contribution in [2.45, 2.75) is 45.3 Å². The second-order valence-corrected chi connectivity index (χ2v) is 10.9. The summed E-state index contributed by atoms with van der Waals surface area (Å²) in [6.07, 6.45) is 2.61. The summed E-state index contributed by atoms with van der Waals surface area (Å²) in [5, 5.41) is 5.13. The Bertz CT molecular complexity index is 1130. The molecule has 5 heterocycles. The summed E-state index contributed by atoms with van der Waals surface area (Å²) in [4.78, 5) is 14.4. The summed E-state index contributed by atoms with van der Waals surface area (Å²) < 4.78 is 40.5. The second kappa shape index (κ2) is 8.23. The second-order valence-electron chi connectivity index (χ2n) is 9.78. The molecule has 0 N–H and O–H groups in total. The van der Waals surface area contributed by atoms with Crippen LogP contribution in [-0.2, 0) is 13.5 Å². The molecule has 3 aromatic rings. The van der Waals surface area contributed by atoms with E-state index in [1.807, 2.05) is 17.9 Å². The fourth-order valence-electron chi connectivity index (χ4n) is 5.53. The van der Waals surface area contributed by atoms with Crippen LogP contribution in [0.1, 0.15) is 43.2 Å². The molecule has 1 unspecified atom stereocenters. The van der Waals surface area contributed by atoms with E-state index in [1.54, 1.807) is 6.07 Å². The van der Waals surface area contributed by atoms with Gasteiger partial charge in [-0.3, -0.25) is 9.58 Å². The normalized spacial score (nSPS) is 20.5. The van der Waals surface area contributed by atoms with E-state index in [1.165, 1.54) is 11.9 Å². The fourth-order valence-corrected chi connectivity index (χ4v) is 6.55. The highest BCUT2D eigenvalue weighted by Gasteiger charge is 2.50. The number of nitrogens with zero attached hydrogens (tertiary/aromatic N) is 6. The first-order chi connectivity index (χ1) is 15.7. The maximum absolute atomic E-state index is 12.9. The molecule has 33 heavy (non-hydrogen) atoms. The van der Waals surface area contributed by atoms with Crippen molar-refractivity contribution in [1.29, 1.82) is 0 Å². The van der Waals surface area contributed by atoms with E-state index in [0.29, 0.717) is 16.8 Å². The molecule has 3 aromatic heterocycles. The highest BCUT2D eigenvalue weighted by atomic mass is 32.1. The number of rotatable bonds is 6. The Morgan fingerprint density at radius 2 is 2.00 bits per heavy atom. The molecule has 6 nitrogen and oxygen atoms in total. The number of aromatic nitrogens is 4. The number of anilines is 1. The van der Waals surface area contributed by atoms with Crippen molar-refractivity contribution in [2.75, 3.05) is 31.1 Å². The van der Waals surface area contributed by atoms with Crippen LogP contribution >= 0.6 is 11.3 Å². The maximum Gasteiger partial charge on any atom is 0.393 e. The third-order valence-electron chi connectivity index (χ3n) is 7.19. The number of alkyl halides is 3. The van der Waals surface area contributed by atoms with Crippen LogP contribution in [0.4, 0.5) is 19.0 Å². The Hall–Kier alpha value is -2.20. The van der Waals surface area contributed by atoms with Gasteiger partial charge in [0.15, 0.2) is 0 Å². The molecular formula is C23H29F3N6S. The predicted molar refractivity (Wildman–Crippen MR) is 123 cm³/mol. The van der Waals surface area contributed by atoms with E-state index in [0.717, 1.165) is 61.6 Å². The molecule has 178 valence electrons. The first kappa shape index (κ1) is 22.6. The van der Waals surface area contributed by atoms with Crippen LogP contribution in [0.3, 0.4) is 0 Å². The van der Waals surface area contributed by atoms with Gasteiger partial charge in [0.25, 0.3) is 0 Å². The van der Waals surface area contributed by atoms with Gasteiger partial charge in [-0.1, -0.05) is 20.3 Å². The molecule has 0 aromatic carbocycles. The average molecular weight is 479 g/mol. The summed E-state index contributed by atoms with van der Waals surface area (Å²) in [5.41, 5.74) is 1.47. The van der Waals surface area contributed by atoms with Gasteiger partial charge in [-0.15, -0.1) is 11.3 Å². The lowest BCUT2D eigenvalue weighted by atomic mass is 9.76. The monoisotopic (exact) mass is 478 g/mol. The van der Waals surface area contributed by atoms with Crippen LogP contribution in [0.5, 0.6) is 0 Å². The third-order valence-corrected chi connectivity index (χ3v) is 8.23. The van der Waals surface area contributed by atoms with Crippen LogP contribution in [-0.4, -0.2) is 57.0 Å². The van der Waals surface area contributed by atoms with Crippen LogP contribution < -0.4 is 4.90 Å². The lowest BCUT2D eigenvalue weighted by Gasteiger charge is -2.52. The predicted octanol–water partition coefficient (Wildman–Crippen LogP) is 4.83. The zero-order valence-corrected chi connectivity index (χ0v) is 20.0. The molecule has 0 amide bonds. The van der Waals surface area contributed by atoms with E-state index in [-0.39, 0.29) is 10.3 Å². The van der Waals surface area contributed by atoms with Crippen molar-refractivity contribution in [3.63, 3.8) is 0 Å². The Morgan fingerprint density at radius 3 is 2.67 bits per heavy atom. The topological polar surface area (TPSA) is 50.1 Å². The van der Waals surface area contributed by atoms with Gasteiger partial charge < -0.3 is 4.90 Å². The summed E-state index contributed by atoms with van der Waals surface area (Å²) in [7, 11) is 1.95. The van der Waals surface area contributed by atoms with Gasteiger partial charge in [0.2, 0.25) is 0 Å². The minimum atomic E-state index is -4.22. The minimum absolute atomic E-state index is 0.204. The number of aryl methyl sites for hydroxylation is 1. The molecule has 0 bridgehead atoms. The Morgan fingerprint density at radius 1 is 1.21 bits per heavy atom. The van der Waals surface area contributed by atoms with Crippen molar-refractivity contribution in [3.05, 3.63) is 35.2 Å². The van der Waals surface area contributed by atoms with Crippen molar-refractivity contribution in [1.82, 2.24) is 24.6 Å². The van der Waals surface area contributed by atoms with Crippen molar-refractivity contribution >= 4 is 27.4 Å². The van der Waals surface area contributed by atoms with Crippen LogP contribution in [0, 0.1) is 11.3 Å². The SMILES string of the molecule is CC[C@H](C)C(c1cnn(C)c1)N1CC2(CCN(c3ncnc4sc(CC(F)(F)F)cc34)C2)C1. The van der Waals surface area contributed by atoms with Crippen LogP contribution in [0.2, 0.25) is 0 Å². The molecule has 10 heteroatoms. The van der Waals surface area contributed by atoms with Gasteiger partial charge in [0.05, 0.1) is 18.0 Å². The molecule has 2 fully saturated rings. The zero-order valence-electron chi connectivity index (χ0n) is 19.1. The van der Waals surface area contributed by atoms with E-state index in [2.05, 4.69) is 44.9 Å². The fraction of sp³-hybridized carbons (Fsp3) is 0.609. The molecule has 1 spiro atoms. The third kappa shape index (κ3) is 4.35. The molecule has 2 aliphatic heterocycles. The Labute approximate surface area is 195 Å². The first-order valence-electron chi connectivity index (χ1n) is 11.4. The minimum Gasteiger partial charge on any atom is -0.355 e. The van der Waals surface area contributed by atoms with Crippen LogP contribution in [0.15, 0.2) is 24.8 Å². The quantitative estimate of drug-likeness (QED) is 0.508. The molecule has 2 atom stereocenters. The molecule has 0 saturated carbocycles. The zero-order chi connectivity index (χ0) is 23.4. The lowest BCUT2D eigenvalue weighted by molar-refractivity contribution is -0.126. The molecule has 2 aliphatic rings. The molecule has 2 saturated heterocycles. The number of thiophene rings is 1. The molecule has 0 aliphatic carbocycles. The molecular weight excluding hydrogens is 449 g/mol. The number of halogens is 3. The van der Waals surface area contributed by atoms with Gasteiger partial charge in [-0.25, -0.2) is 9.97 Å². The van der Waals surface area contributed by atoms with Crippen molar-refractivity contribution in [3.8, 4) is 0 Å². The smallest absolute Gasteiger partial charge is 0.355 e. The van der Waals surface area contributed by atoms with E-state index < -0.39 is 12.6 Å². The lowest BCUT2D eigenvalue weighted by Crippen LogP contribution is -2.59. The summed E-state index contributed by atoms with van der Waals surface area (Å²) in [5.74, 6) is 1.30. The van der Waals surface area contributed by atoms with Crippen LogP contribution in [0.25, 0.3) is 10.2 Å². The maximum atomic E-state index is 12.9. The largest absolute Gasteiger partial charge is 0.393 e.